The Hall–Kier alpha value is -0.0800. The third-order valence-electron chi connectivity index (χ3n) is 2.83. The van der Waals surface area contributed by atoms with E-state index in [1.165, 1.54) is 6.42 Å². The lowest BCUT2D eigenvalue weighted by Gasteiger charge is -2.36. The van der Waals surface area contributed by atoms with Crippen LogP contribution in [0.25, 0.3) is 0 Å². The molecular formula is C9H18O2. The van der Waals surface area contributed by atoms with E-state index in [4.69, 9.17) is 4.74 Å². The van der Waals surface area contributed by atoms with Gasteiger partial charge < -0.3 is 9.84 Å². The molecule has 0 aliphatic heterocycles. The molecule has 1 saturated carbocycles. The Bertz CT molecular complexity index is 117. The van der Waals surface area contributed by atoms with Crippen LogP contribution in [-0.4, -0.2) is 23.9 Å². The van der Waals surface area contributed by atoms with Gasteiger partial charge >= 0.3 is 0 Å². The summed E-state index contributed by atoms with van der Waals surface area (Å²) in [6.07, 6.45) is 5.35. The number of ether oxygens (including phenoxy) is 1. The van der Waals surface area contributed by atoms with Gasteiger partial charge in [-0.2, -0.15) is 0 Å². The van der Waals surface area contributed by atoms with E-state index in [0.29, 0.717) is 0 Å². The van der Waals surface area contributed by atoms with E-state index in [-0.39, 0.29) is 6.10 Å². The molecule has 1 N–H and O–H groups in total. The lowest BCUT2D eigenvalue weighted by molar-refractivity contribution is -0.104. The second kappa shape index (κ2) is 3.55. The van der Waals surface area contributed by atoms with Crippen LogP contribution in [-0.2, 0) is 4.74 Å². The maximum absolute atomic E-state index is 10.0. The van der Waals surface area contributed by atoms with Crippen molar-refractivity contribution in [1.29, 1.82) is 0 Å². The molecule has 0 aromatic heterocycles. The number of hydrogen-bond acceptors (Lipinski definition) is 2. The van der Waals surface area contributed by atoms with Crippen LogP contribution in [0.5, 0.6) is 0 Å². The summed E-state index contributed by atoms with van der Waals surface area (Å²) in [5, 5.41) is 10.0. The number of rotatable bonds is 2. The summed E-state index contributed by atoms with van der Waals surface area (Å²) in [4.78, 5) is 0. The number of aliphatic hydroxyl groups is 1. The fraction of sp³-hybridized carbons (Fsp3) is 1.00. The lowest BCUT2D eigenvalue weighted by atomic mass is 9.81. The minimum atomic E-state index is -0.535. The molecule has 0 unspecified atom stereocenters. The van der Waals surface area contributed by atoms with E-state index >= 15 is 0 Å². The lowest BCUT2D eigenvalue weighted by Crippen LogP contribution is -2.43. The van der Waals surface area contributed by atoms with Gasteiger partial charge in [-0.25, -0.2) is 0 Å². The van der Waals surface area contributed by atoms with Crippen molar-refractivity contribution in [3.05, 3.63) is 0 Å². The molecular weight excluding hydrogens is 140 g/mol. The van der Waals surface area contributed by atoms with Gasteiger partial charge in [0, 0.05) is 7.11 Å². The van der Waals surface area contributed by atoms with Crippen molar-refractivity contribution < 1.29 is 9.84 Å². The second-order valence-corrected chi connectivity index (χ2v) is 3.54. The van der Waals surface area contributed by atoms with Crippen molar-refractivity contribution in [2.45, 2.75) is 50.7 Å². The first-order valence-corrected chi connectivity index (χ1v) is 4.44. The summed E-state index contributed by atoms with van der Waals surface area (Å²) in [6.45, 7) is 1.95. The molecule has 1 aliphatic rings. The van der Waals surface area contributed by atoms with E-state index < -0.39 is 5.60 Å². The minimum absolute atomic E-state index is 0.0113. The smallest absolute Gasteiger partial charge is 0.0905 e. The molecule has 0 aromatic rings. The Morgan fingerprint density at radius 1 is 1.27 bits per heavy atom. The van der Waals surface area contributed by atoms with Gasteiger partial charge in [0.15, 0.2) is 0 Å². The largest absolute Gasteiger partial charge is 0.387 e. The Morgan fingerprint density at radius 2 is 1.82 bits per heavy atom. The monoisotopic (exact) mass is 158 g/mol. The van der Waals surface area contributed by atoms with Gasteiger partial charge in [-0.3, -0.25) is 0 Å². The van der Waals surface area contributed by atoms with Crippen LogP contribution in [0.15, 0.2) is 0 Å². The average Bonchev–Trinajstić information content (AvgIpc) is 2.04. The van der Waals surface area contributed by atoms with Crippen LogP contribution in [0.4, 0.5) is 0 Å². The van der Waals surface area contributed by atoms with Gasteiger partial charge in [-0.1, -0.05) is 19.3 Å². The molecule has 1 fully saturated rings. The Morgan fingerprint density at radius 3 is 2.27 bits per heavy atom. The zero-order chi connectivity index (χ0) is 8.32. The summed E-state index contributed by atoms with van der Waals surface area (Å²) in [5.74, 6) is 0. The van der Waals surface area contributed by atoms with Gasteiger partial charge in [0.25, 0.3) is 0 Å². The highest BCUT2D eigenvalue weighted by Gasteiger charge is 2.34. The normalized spacial score (nSPS) is 26.5. The van der Waals surface area contributed by atoms with Crippen LogP contribution in [0, 0.1) is 0 Å². The summed E-state index contributed by atoms with van der Waals surface area (Å²) in [6, 6.07) is 0. The molecule has 11 heavy (non-hydrogen) atoms. The number of hydrogen-bond donors (Lipinski definition) is 1. The molecule has 0 spiro atoms. The molecule has 0 saturated heterocycles. The van der Waals surface area contributed by atoms with E-state index in [1.54, 1.807) is 7.11 Å². The van der Waals surface area contributed by atoms with Crippen molar-refractivity contribution in [1.82, 2.24) is 0 Å². The van der Waals surface area contributed by atoms with Crippen LogP contribution in [0.1, 0.15) is 39.0 Å². The molecule has 0 bridgehead atoms. The van der Waals surface area contributed by atoms with Crippen molar-refractivity contribution in [2.75, 3.05) is 7.11 Å². The fourth-order valence-electron chi connectivity index (χ4n) is 1.79. The highest BCUT2D eigenvalue weighted by Crippen LogP contribution is 2.31. The second-order valence-electron chi connectivity index (χ2n) is 3.54. The molecule has 0 amide bonds. The summed E-state index contributed by atoms with van der Waals surface area (Å²) in [5.41, 5.74) is -0.535. The summed E-state index contributed by atoms with van der Waals surface area (Å²) >= 11 is 0. The van der Waals surface area contributed by atoms with Gasteiger partial charge in [0.2, 0.25) is 0 Å². The highest BCUT2D eigenvalue weighted by molar-refractivity contribution is 4.87. The van der Waals surface area contributed by atoms with Crippen LogP contribution >= 0.6 is 0 Å². The number of methoxy groups -OCH3 is 1. The maximum Gasteiger partial charge on any atom is 0.0905 e. The van der Waals surface area contributed by atoms with E-state index in [1.807, 2.05) is 6.92 Å². The minimum Gasteiger partial charge on any atom is -0.387 e. The maximum atomic E-state index is 10.0. The van der Waals surface area contributed by atoms with Crippen LogP contribution in [0.2, 0.25) is 0 Å². The summed E-state index contributed by atoms with van der Waals surface area (Å²) < 4.78 is 5.14. The van der Waals surface area contributed by atoms with Gasteiger partial charge in [-0.05, 0) is 19.8 Å². The van der Waals surface area contributed by atoms with Crippen molar-refractivity contribution >= 4 is 0 Å². The fourth-order valence-corrected chi connectivity index (χ4v) is 1.79. The third-order valence-corrected chi connectivity index (χ3v) is 2.83. The Labute approximate surface area is 68.6 Å². The average molecular weight is 158 g/mol. The SMILES string of the molecule is CO[C@H](C)C1(O)CCCCC1. The first-order chi connectivity index (χ1) is 5.19. The van der Waals surface area contributed by atoms with E-state index in [2.05, 4.69) is 0 Å². The topological polar surface area (TPSA) is 29.5 Å². The molecule has 66 valence electrons. The van der Waals surface area contributed by atoms with Gasteiger partial charge in [0.1, 0.15) is 0 Å². The predicted octanol–water partition coefficient (Wildman–Crippen LogP) is 1.72. The Kier molecular flexibility index (Phi) is 2.90. The van der Waals surface area contributed by atoms with E-state index in [0.717, 1.165) is 25.7 Å². The van der Waals surface area contributed by atoms with Crippen molar-refractivity contribution in [3.8, 4) is 0 Å². The first kappa shape index (κ1) is 9.01. The molecule has 2 heteroatoms. The van der Waals surface area contributed by atoms with Gasteiger partial charge in [0.05, 0.1) is 11.7 Å². The zero-order valence-corrected chi connectivity index (χ0v) is 7.47. The third kappa shape index (κ3) is 1.94. The van der Waals surface area contributed by atoms with Crippen molar-refractivity contribution in [2.24, 2.45) is 0 Å². The molecule has 1 aliphatic carbocycles. The molecule has 0 heterocycles. The summed E-state index contributed by atoms with van der Waals surface area (Å²) in [7, 11) is 1.66. The van der Waals surface area contributed by atoms with Gasteiger partial charge in [-0.15, -0.1) is 0 Å². The molecule has 1 rings (SSSR count). The quantitative estimate of drug-likeness (QED) is 0.663. The molecule has 1 atom stereocenters. The standard InChI is InChI=1S/C9H18O2/c1-8(11-2)9(10)6-4-3-5-7-9/h8,10H,3-7H2,1-2H3/t8-/m1/s1. The highest BCUT2D eigenvalue weighted by atomic mass is 16.5. The molecule has 0 radical (unpaired) electrons. The van der Waals surface area contributed by atoms with Crippen LogP contribution in [0.3, 0.4) is 0 Å². The van der Waals surface area contributed by atoms with Crippen molar-refractivity contribution in [3.63, 3.8) is 0 Å². The molecule has 2 nitrogen and oxygen atoms in total. The van der Waals surface area contributed by atoms with Crippen LogP contribution < -0.4 is 0 Å². The predicted molar refractivity (Wildman–Crippen MR) is 44.5 cm³/mol. The zero-order valence-electron chi connectivity index (χ0n) is 7.47. The Balaban J connectivity index is 2.49. The first-order valence-electron chi connectivity index (χ1n) is 4.44. The van der Waals surface area contributed by atoms with E-state index in [9.17, 15) is 5.11 Å². The molecule has 0 aromatic carbocycles.